The Morgan fingerprint density at radius 3 is 2.21 bits per heavy atom. The van der Waals surface area contributed by atoms with Crippen LogP contribution in [0.4, 0.5) is 0 Å². The second-order valence-electron chi connectivity index (χ2n) is 6.80. The van der Waals surface area contributed by atoms with Crippen molar-refractivity contribution in [2.75, 3.05) is 13.1 Å². The molecule has 1 saturated carbocycles. The molecule has 2 rings (SSSR count). The summed E-state index contributed by atoms with van der Waals surface area (Å²) in [6, 6.07) is 0. The number of rotatable bonds is 0. The highest BCUT2D eigenvalue weighted by Gasteiger charge is 2.45. The lowest BCUT2D eigenvalue weighted by molar-refractivity contribution is 0.00490. The van der Waals surface area contributed by atoms with E-state index in [1.54, 1.807) is 0 Å². The van der Waals surface area contributed by atoms with Crippen LogP contribution in [0.1, 0.15) is 47.0 Å². The van der Waals surface area contributed by atoms with Crippen LogP contribution >= 0.6 is 0 Å². The lowest BCUT2D eigenvalue weighted by atomic mass is 9.58. The molecule has 1 aliphatic heterocycles. The molecule has 14 heavy (non-hydrogen) atoms. The zero-order valence-electron chi connectivity index (χ0n) is 10.2. The lowest BCUT2D eigenvalue weighted by Crippen LogP contribution is -2.57. The van der Waals surface area contributed by atoms with Gasteiger partial charge in [0.25, 0.3) is 0 Å². The number of nitrogens with one attached hydrogen (secondary N) is 1. The van der Waals surface area contributed by atoms with Crippen LogP contribution in [0.2, 0.25) is 0 Å². The summed E-state index contributed by atoms with van der Waals surface area (Å²) in [5.41, 5.74) is 1.22. The van der Waals surface area contributed by atoms with E-state index in [2.05, 4.69) is 33.0 Å². The molecule has 0 radical (unpaired) electrons. The first kappa shape index (κ1) is 10.5. The first-order valence-corrected chi connectivity index (χ1v) is 6.14. The monoisotopic (exact) mass is 195 g/mol. The van der Waals surface area contributed by atoms with Gasteiger partial charge in [-0.3, -0.25) is 0 Å². The second kappa shape index (κ2) is 3.23. The van der Waals surface area contributed by atoms with Gasteiger partial charge in [0, 0.05) is 13.1 Å². The molecule has 2 atom stereocenters. The molecule has 1 N–H and O–H groups in total. The van der Waals surface area contributed by atoms with Crippen LogP contribution in [-0.2, 0) is 0 Å². The molecule has 0 aromatic rings. The van der Waals surface area contributed by atoms with Crippen LogP contribution < -0.4 is 5.32 Å². The maximum atomic E-state index is 3.45. The topological polar surface area (TPSA) is 12.0 Å². The van der Waals surface area contributed by atoms with E-state index in [-0.39, 0.29) is 0 Å². The van der Waals surface area contributed by atoms with Crippen molar-refractivity contribution in [3.8, 4) is 0 Å². The molecular weight excluding hydrogens is 170 g/mol. The molecule has 0 aromatic carbocycles. The van der Waals surface area contributed by atoms with Crippen LogP contribution in [0.25, 0.3) is 0 Å². The van der Waals surface area contributed by atoms with Crippen molar-refractivity contribution in [2.24, 2.45) is 22.7 Å². The van der Waals surface area contributed by atoms with E-state index >= 15 is 0 Å². The van der Waals surface area contributed by atoms with Crippen LogP contribution in [0.5, 0.6) is 0 Å². The smallest absolute Gasteiger partial charge is 0.00203 e. The SMILES string of the molecule is C[C@@H]1CC2(CCC1C(C)(C)C)CNC2. The van der Waals surface area contributed by atoms with E-state index < -0.39 is 0 Å². The van der Waals surface area contributed by atoms with Crippen molar-refractivity contribution in [1.82, 2.24) is 5.32 Å². The zero-order chi connectivity index (χ0) is 10.4. The molecule has 82 valence electrons. The Kier molecular flexibility index (Phi) is 2.42. The van der Waals surface area contributed by atoms with E-state index in [0.717, 1.165) is 11.8 Å². The average molecular weight is 195 g/mol. The van der Waals surface area contributed by atoms with Crippen LogP contribution in [0, 0.1) is 22.7 Å². The molecule has 2 aliphatic rings. The molecule has 0 aromatic heterocycles. The van der Waals surface area contributed by atoms with Crippen LogP contribution in [0.15, 0.2) is 0 Å². The highest BCUT2D eigenvalue weighted by molar-refractivity contribution is 4.99. The largest absolute Gasteiger partial charge is 0.316 e. The third-order valence-corrected chi connectivity index (χ3v) is 4.54. The van der Waals surface area contributed by atoms with Crippen molar-refractivity contribution in [2.45, 2.75) is 47.0 Å². The lowest BCUT2D eigenvalue weighted by Gasteiger charge is -2.52. The van der Waals surface area contributed by atoms with Gasteiger partial charge >= 0.3 is 0 Å². The van der Waals surface area contributed by atoms with Gasteiger partial charge in [0.1, 0.15) is 0 Å². The summed E-state index contributed by atoms with van der Waals surface area (Å²) in [7, 11) is 0. The summed E-state index contributed by atoms with van der Waals surface area (Å²) >= 11 is 0. The fourth-order valence-electron chi connectivity index (χ4n) is 3.76. The summed E-state index contributed by atoms with van der Waals surface area (Å²) in [6.45, 7) is 12.3. The van der Waals surface area contributed by atoms with Gasteiger partial charge in [-0.25, -0.2) is 0 Å². The van der Waals surface area contributed by atoms with Crippen LogP contribution in [-0.4, -0.2) is 13.1 Å². The van der Waals surface area contributed by atoms with Gasteiger partial charge in [0.05, 0.1) is 0 Å². The van der Waals surface area contributed by atoms with Crippen molar-refractivity contribution in [1.29, 1.82) is 0 Å². The van der Waals surface area contributed by atoms with Gasteiger partial charge < -0.3 is 5.32 Å². The first-order valence-electron chi connectivity index (χ1n) is 6.14. The Morgan fingerprint density at radius 2 is 1.86 bits per heavy atom. The molecule has 1 nitrogen and oxygen atoms in total. The number of hydrogen-bond acceptors (Lipinski definition) is 1. The van der Waals surface area contributed by atoms with Crippen molar-refractivity contribution < 1.29 is 0 Å². The van der Waals surface area contributed by atoms with Crippen molar-refractivity contribution in [3.05, 3.63) is 0 Å². The average Bonchev–Trinajstić information content (AvgIpc) is 1.98. The number of hydrogen-bond donors (Lipinski definition) is 1. The fourth-order valence-corrected chi connectivity index (χ4v) is 3.76. The quantitative estimate of drug-likeness (QED) is 0.626. The predicted octanol–water partition coefficient (Wildman–Crippen LogP) is 3.06. The molecule has 1 aliphatic carbocycles. The summed E-state index contributed by atoms with van der Waals surface area (Å²) in [4.78, 5) is 0. The highest BCUT2D eigenvalue weighted by Crippen LogP contribution is 2.49. The Morgan fingerprint density at radius 1 is 1.21 bits per heavy atom. The minimum absolute atomic E-state index is 0.512. The Balaban J connectivity index is 2.00. The minimum Gasteiger partial charge on any atom is -0.316 e. The van der Waals surface area contributed by atoms with E-state index in [1.807, 2.05) is 0 Å². The maximum Gasteiger partial charge on any atom is 0.00203 e. The minimum atomic E-state index is 0.512. The normalized spacial score (nSPS) is 36.9. The predicted molar refractivity (Wildman–Crippen MR) is 61.3 cm³/mol. The highest BCUT2D eigenvalue weighted by atomic mass is 15.0. The molecule has 1 saturated heterocycles. The molecule has 1 heteroatoms. The standard InChI is InChI=1S/C13H25N/c1-10-7-13(8-14-9-13)6-5-11(10)12(2,3)4/h10-11,14H,5-9H2,1-4H3/t10-,11?/m1/s1. The van der Waals surface area contributed by atoms with E-state index in [1.165, 1.54) is 32.4 Å². The van der Waals surface area contributed by atoms with Gasteiger partial charge in [0.2, 0.25) is 0 Å². The molecule has 0 bridgehead atoms. The van der Waals surface area contributed by atoms with Crippen molar-refractivity contribution in [3.63, 3.8) is 0 Å². The molecular formula is C13H25N. The summed E-state index contributed by atoms with van der Waals surface area (Å²) in [6.07, 6.45) is 4.38. The zero-order valence-corrected chi connectivity index (χ0v) is 10.2. The summed E-state index contributed by atoms with van der Waals surface area (Å²) < 4.78 is 0. The van der Waals surface area contributed by atoms with Crippen molar-refractivity contribution >= 4 is 0 Å². The summed E-state index contributed by atoms with van der Waals surface area (Å²) in [5.74, 6) is 1.86. The first-order chi connectivity index (χ1) is 6.43. The van der Waals surface area contributed by atoms with E-state index in [9.17, 15) is 0 Å². The molecule has 2 fully saturated rings. The molecule has 1 spiro atoms. The summed E-state index contributed by atoms with van der Waals surface area (Å²) in [5, 5.41) is 3.45. The van der Waals surface area contributed by atoms with Gasteiger partial charge in [-0.05, 0) is 41.9 Å². The maximum absolute atomic E-state index is 3.45. The van der Waals surface area contributed by atoms with Gasteiger partial charge in [-0.1, -0.05) is 27.7 Å². The Bertz CT molecular complexity index is 210. The van der Waals surface area contributed by atoms with E-state index in [0.29, 0.717) is 10.8 Å². The molecule has 1 unspecified atom stereocenters. The fraction of sp³-hybridized carbons (Fsp3) is 1.00. The molecule has 1 heterocycles. The Labute approximate surface area is 88.7 Å². The van der Waals surface area contributed by atoms with Gasteiger partial charge in [0.15, 0.2) is 0 Å². The van der Waals surface area contributed by atoms with Gasteiger partial charge in [-0.2, -0.15) is 0 Å². The Hall–Kier alpha value is -0.0400. The van der Waals surface area contributed by atoms with Gasteiger partial charge in [-0.15, -0.1) is 0 Å². The van der Waals surface area contributed by atoms with E-state index in [4.69, 9.17) is 0 Å². The molecule has 0 amide bonds. The second-order valence-corrected chi connectivity index (χ2v) is 6.80. The third-order valence-electron chi connectivity index (χ3n) is 4.54. The third kappa shape index (κ3) is 1.71. The van der Waals surface area contributed by atoms with Crippen LogP contribution in [0.3, 0.4) is 0 Å².